The lowest BCUT2D eigenvalue weighted by molar-refractivity contribution is 0.404. The molecule has 0 fully saturated rings. The molecule has 0 aliphatic rings. The molecule has 0 aliphatic heterocycles. The number of para-hydroxylation sites is 1. The quantitative estimate of drug-likeness (QED) is 0.841. The Kier molecular flexibility index (Phi) is 5.50. The summed E-state index contributed by atoms with van der Waals surface area (Å²) in [5.74, 6) is 0.916. The Bertz CT molecular complexity index is 516. The fraction of sp³-hybridized carbons (Fsp3) is 0.375. The number of nitrogens with one attached hydrogen (secondary N) is 1. The lowest BCUT2D eigenvalue weighted by Gasteiger charge is -2.19. The zero-order chi connectivity index (χ0) is 14.2. The van der Waals surface area contributed by atoms with Crippen LogP contribution in [-0.2, 0) is 6.42 Å². The molecular formula is C16H21N3O. The largest absolute Gasteiger partial charge is 0.496 e. The summed E-state index contributed by atoms with van der Waals surface area (Å²) in [6, 6.07) is 8.25. The van der Waals surface area contributed by atoms with E-state index in [2.05, 4.69) is 28.3 Å². The van der Waals surface area contributed by atoms with Crippen LogP contribution in [0.2, 0.25) is 0 Å². The maximum absolute atomic E-state index is 5.42. The van der Waals surface area contributed by atoms with Crippen molar-refractivity contribution in [3.05, 3.63) is 54.1 Å². The topological polar surface area (TPSA) is 47.0 Å². The average molecular weight is 271 g/mol. The molecule has 0 bridgehead atoms. The van der Waals surface area contributed by atoms with Gasteiger partial charge in [0.25, 0.3) is 0 Å². The third-order valence-corrected chi connectivity index (χ3v) is 3.20. The van der Waals surface area contributed by atoms with Gasteiger partial charge in [-0.2, -0.15) is 0 Å². The van der Waals surface area contributed by atoms with Crippen LogP contribution in [0.25, 0.3) is 0 Å². The van der Waals surface area contributed by atoms with Gasteiger partial charge in [0.15, 0.2) is 0 Å². The first-order valence-corrected chi connectivity index (χ1v) is 6.96. The van der Waals surface area contributed by atoms with E-state index in [0.717, 1.165) is 30.8 Å². The van der Waals surface area contributed by atoms with E-state index in [-0.39, 0.29) is 6.04 Å². The number of hydrogen-bond donors (Lipinski definition) is 1. The summed E-state index contributed by atoms with van der Waals surface area (Å²) in [6.07, 6.45) is 7.18. The maximum Gasteiger partial charge on any atom is 0.122 e. The van der Waals surface area contributed by atoms with Crippen LogP contribution in [0.15, 0.2) is 42.9 Å². The maximum atomic E-state index is 5.42. The molecule has 0 amide bonds. The van der Waals surface area contributed by atoms with Crippen molar-refractivity contribution in [2.24, 2.45) is 0 Å². The molecule has 2 aromatic rings. The van der Waals surface area contributed by atoms with Gasteiger partial charge in [0.05, 0.1) is 18.8 Å². The van der Waals surface area contributed by atoms with Gasteiger partial charge in [0.1, 0.15) is 5.75 Å². The summed E-state index contributed by atoms with van der Waals surface area (Å²) in [7, 11) is 1.70. The second-order valence-electron chi connectivity index (χ2n) is 4.65. The van der Waals surface area contributed by atoms with Gasteiger partial charge in [-0.3, -0.25) is 9.97 Å². The number of benzene rings is 1. The zero-order valence-electron chi connectivity index (χ0n) is 12.0. The molecule has 0 saturated carbocycles. The van der Waals surface area contributed by atoms with E-state index in [4.69, 9.17) is 4.74 Å². The minimum absolute atomic E-state index is 0.153. The molecule has 0 spiro atoms. The highest BCUT2D eigenvalue weighted by atomic mass is 16.5. The van der Waals surface area contributed by atoms with Crippen LogP contribution < -0.4 is 10.1 Å². The predicted octanol–water partition coefficient (Wildman–Crippen LogP) is 2.77. The summed E-state index contributed by atoms with van der Waals surface area (Å²) in [5, 5.41) is 3.53. The van der Waals surface area contributed by atoms with Gasteiger partial charge in [0, 0.05) is 18.6 Å². The number of aromatic nitrogens is 2. The molecule has 0 aliphatic carbocycles. The molecule has 1 heterocycles. The highest BCUT2D eigenvalue weighted by Gasteiger charge is 2.15. The van der Waals surface area contributed by atoms with Crippen LogP contribution in [0.1, 0.15) is 30.6 Å². The fourth-order valence-corrected chi connectivity index (χ4v) is 2.18. The molecular weight excluding hydrogens is 250 g/mol. The molecule has 0 saturated heterocycles. The second kappa shape index (κ2) is 7.60. The van der Waals surface area contributed by atoms with Gasteiger partial charge < -0.3 is 10.1 Å². The SMILES string of the molecule is CCCNC(Cc1ccccc1OC)c1cnccn1. The van der Waals surface area contributed by atoms with E-state index in [0.29, 0.717) is 0 Å². The van der Waals surface area contributed by atoms with Crippen molar-refractivity contribution < 1.29 is 4.74 Å². The van der Waals surface area contributed by atoms with Crippen LogP contribution in [0.3, 0.4) is 0 Å². The molecule has 2 rings (SSSR count). The number of methoxy groups -OCH3 is 1. The normalized spacial score (nSPS) is 12.1. The summed E-state index contributed by atoms with van der Waals surface area (Å²) >= 11 is 0. The van der Waals surface area contributed by atoms with E-state index in [1.807, 2.05) is 24.4 Å². The van der Waals surface area contributed by atoms with Gasteiger partial charge >= 0.3 is 0 Å². The Morgan fingerprint density at radius 1 is 1.25 bits per heavy atom. The van der Waals surface area contributed by atoms with Crippen LogP contribution in [0, 0.1) is 0 Å². The van der Waals surface area contributed by atoms with Crippen LogP contribution >= 0.6 is 0 Å². The predicted molar refractivity (Wildman–Crippen MR) is 79.8 cm³/mol. The summed E-state index contributed by atoms with van der Waals surface area (Å²) in [6.45, 7) is 3.11. The van der Waals surface area contributed by atoms with Gasteiger partial charge in [-0.15, -0.1) is 0 Å². The van der Waals surface area contributed by atoms with Crippen molar-refractivity contribution >= 4 is 0 Å². The highest BCUT2D eigenvalue weighted by molar-refractivity contribution is 5.34. The first-order valence-electron chi connectivity index (χ1n) is 6.96. The molecule has 1 unspecified atom stereocenters. The minimum atomic E-state index is 0.153. The summed E-state index contributed by atoms with van der Waals surface area (Å²) < 4.78 is 5.42. The Labute approximate surface area is 120 Å². The average Bonchev–Trinajstić information content (AvgIpc) is 2.52. The number of nitrogens with zero attached hydrogens (tertiary/aromatic N) is 2. The Morgan fingerprint density at radius 2 is 2.10 bits per heavy atom. The Morgan fingerprint density at radius 3 is 2.80 bits per heavy atom. The zero-order valence-corrected chi connectivity index (χ0v) is 12.0. The number of rotatable bonds is 7. The van der Waals surface area contributed by atoms with Crippen molar-refractivity contribution in [3.8, 4) is 5.75 Å². The van der Waals surface area contributed by atoms with Crippen LogP contribution in [-0.4, -0.2) is 23.6 Å². The molecule has 1 aromatic carbocycles. The van der Waals surface area contributed by atoms with E-state index >= 15 is 0 Å². The molecule has 1 atom stereocenters. The monoisotopic (exact) mass is 271 g/mol. The minimum Gasteiger partial charge on any atom is -0.496 e. The molecule has 0 radical (unpaired) electrons. The molecule has 1 N–H and O–H groups in total. The molecule has 4 heteroatoms. The van der Waals surface area contributed by atoms with Crippen molar-refractivity contribution in [1.29, 1.82) is 0 Å². The van der Waals surface area contributed by atoms with Crippen LogP contribution in [0.5, 0.6) is 5.75 Å². The third-order valence-electron chi connectivity index (χ3n) is 3.20. The second-order valence-corrected chi connectivity index (χ2v) is 4.65. The summed E-state index contributed by atoms with van der Waals surface area (Å²) in [4.78, 5) is 8.58. The Hall–Kier alpha value is -1.94. The van der Waals surface area contributed by atoms with Crippen LogP contribution in [0.4, 0.5) is 0 Å². The van der Waals surface area contributed by atoms with Crippen molar-refractivity contribution in [2.45, 2.75) is 25.8 Å². The van der Waals surface area contributed by atoms with Crippen molar-refractivity contribution in [2.75, 3.05) is 13.7 Å². The first kappa shape index (κ1) is 14.5. The van der Waals surface area contributed by atoms with E-state index in [1.165, 1.54) is 5.56 Å². The number of ether oxygens (including phenoxy) is 1. The molecule has 1 aromatic heterocycles. The smallest absolute Gasteiger partial charge is 0.122 e. The summed E-state index contributed by atoms with van der Waals surface area (Å²) in [5.41, 5.74) is 2.14. The lowest BCUT2D eigenvalue weighted by Crippen LogP contribution is -2.25. The number of hydrogen-bond acceptors (Lipinski definition) is 4. The van der Waals surface area contributed by atoms with Gasteiger partial charge in [0.2, 0.25) is 0 Å². The first-order chi connectivity index (χ1) is 9.85. The van der Waals surface area contributed by atoms with E-state index < -0.39 is 0 Å². The third kappa shape index (κ3) is 3.78. The van der Waals surface area contributed by atoms with Gasteiger partial charge in [-0.25, -0.2) is 0 Å². The van der Waals surface area contributed by atoms with Crippen molar-refractivity contribution in [1.82, 2.24) is 15.3 Å². The highest BCUT2D eigenvalue weighted by Crippen LogP contribution is 2.23. The standard InChI is InChI=1S/C16H21N3O/c1-3-8-18-14(15-12-17-9-10-19-15)11-13-6-4-5-7-16(13)20-2/h4-7,9-10,12,14,18H,3,8,11H2,1-2H3. The molecule has 4 nitrogen and oxygen atoms in total. The fourth-order valence-electron chi connectivity index (χ4n) is 2.18. The molecule has 20 heavy (non-hydrogen) atoms. The van der Waals surface area contributed by atoms with E-state index in [1.54, 1.807) is 19.5 Å². The van der Waals surface area contributed by atoms with Gasteiger partial charge in [-0.1, -0.05) is 25.1 Å². The van der Waals surface area contributed by atoms with Gasteiger partial charge in [-0.05, 0) is 31.0 Å². The Balaban J connectivity index is 2.19. The lowest BCUT2D eigenvalue weighted by atomic mass is 10.0. The van der Waals surface area contributed by atoms with Crippen molar-refractivity contribution in [3.63, 3.8) is 0 Å². The molecule has 106 valence electrons. The van der Waals surface area contributed by atoms with E-state index in [9.17, 15) is 0 Å².